The molecule has 0 unspecified atom stereocenters. The molecule has 1 aliphatic heterocycles. The van der Waals surface area contributed by atoms with Crippen molar-refractivity contribution in [3.05, 3.63) is 41.9 Å². The number of thioether (sulfide) groups is 1. The summed E-state index contributed by atoms with van der Waals surface area (Å²) < 4.78 is 7.31. The molecule has 3 N–H and O–H groups in total. The number of nitrogens with zero attached hydrogens (tertiary/aromatic N) is 4. The first-order valence-electron chi connectivity index (χ1n) is 11.0. The van der Waals surface area contributed by atoms with E-state index in [0.29, 0.717) is 22.2 Å². The third-order valence-electron chi connectivity index (χ3n) is 6.22. The lowest BCUT2D eigenvalue weighted by molar-refractivity contribution is -0.0291. The Balaban J connectivity index is 1.30. The van der Waals surface area contributed by atoms with Crippen molar-refractivity contribution >= 4 is 51.9 Å². The van der Waals surface area contributed by atoms with Gasteiger partial charge >= 0.3 is 0 Å². The fourth-order valence-corrected chi connectivity index (χ4v) is 6.10. The number of halogens is 2. The maximum Gasteiger partial charge on any atom is 0.226 e. The molecule has 5 rings (SSSR count). The maximum atomic E-state index is 10.4. The highest BCUT2D eigenvalue weighted by Gasteiger charge is 2.44. The highest BCUT2D eigenvalue weighted by Crippen LogP contribution is 2.36. The molecule has 2 fully saturated rings. The van der Waals surface area contributed by atoms with Gasteiger partial charge in [-0.3, -0.25) is 4.57 Å². The second-order valence-electron chi connectivity index (χ2n) is 8.41. The van der Waals surface area contributed by atoms with Crippen LogP contribution in [-0.4, -0.2) is 65.2 Å². The van der Waals surface area contributed by atoms with Crippen molar-refractivity contribution in [3.8, 4) is 0 Å². The Bertz CT molecular complexity index is 1100. The van der Waals surface area contributed by atoms with Crippen LogP contribution in [0.2, 0.25) is 5.28 Å². The van der Waals surface area contributed by atoms with Gasteiger partial charge in [0, 0.05) is 16.2 Å². The number of fused-ring (bicyclic) bond motifs is 1. The van der Waals surface area contributed by atoms with E-state index in [4.69, 9.17) is 27.9 Å². The van der Waals surface area contributed by atoms with Gasteiger partial charge in [0.2, 0.25) is 5.28 Å². The number of anilines is 1. The van der Waals surface area contributed by atoms with Gasteiger partial charge in [-0.05, 0) is 49.4 Å². The minimum absolute atomic E-state index is 0.0646. The van der Waals surface area contributed by atoms with Crippen molar-refractivity contribution in [3.63, 3.8) is 0 Å². The Morgan fingerprint density at radius 3 is 2.55 bits per heavy atom. The summed E-state index contributed by atoms with van der Waals surface area (Å²) in [6.45, 7) is 0. The molecule has 1 aromatic carbocycles. The number of ether oxygens (including phenoxy) is 1. The Labute approximate surface area is 205 Å². The highest BCUT2D eigenvalue weighted by molar-refractivity contribution is 8.00. The van der Waals surface area contributed by atoms with Gasteiger partial charge in [-0.15, -0.1) is 23.4 Å². The fraction of sp³-hybridized carbons (Fsp3) is 0.500. The number of rotatable bonds is 6. The molecule has 3 aromatic rings. The van der Waals surface area contributed by atoms with Crippen LogP contribution in [0.25, 0.3) is 11.2 Å². The first-order chi connectivity index (χ1) is 16.0. The Morgan fingerprint density at radius 1 is 1.09 bits per heavy atom. The monoisotopic (exact) mass is 509 g/mol. The smallest absolute Gasteiger partial charge is 0.226 e. The topological polar surface area (TPSA) is 105 Å². The second-order valence-corrected chi connectivity index (χ2v) is 10.4. The predicted molar refractivity (Wildman–Crippen MR) is 129 cm³/mol. The number of aliphatic hydroxyl groups is 2. The summed E-state index contributed by atoms with van der Waals surface area (Å²) in [5, 5.41) is 24.8. The van der Waals surface area contributed by atoms with Crippen LogP contribution >= 0.6 is 35.0 Å². The lowest BCUT2D eigenvalue weighted by atomic mass is 9.95. The molecule has 1 saturated carbocycles. The van der Waals surface area contributed by atoms with Gasteiger partial charge in [-0.25, -0.2) is 4.98 Å². The van der Waals surface area contributed by atoms with E-state index in [2.05, 4.69) is 44.5 Å². The van der Waals surface area contributed by atoms with Crippen LogP contribution in [0.15, 0.2) is 41.6 Å². The number of nitrogens with one attached hydrogen (secondary N) is 1. The molecule has 2 aliphatic rings. The number of hydrogen-bond donors (Lipinski definition) is 3. The van der Waals surface area contributed by atoms with Crippen molar-refractivity contribution in [1.29, 1.82) is 0 Å². The largest absolute Gasteiger partial charge is 0.387 e. The van der Waals surface area contributed by atoms with Crippen LogP contribution in [-0.2, 0) is 4.74 Å². The minimum Gasteiger partial charge on any atom is -0.387 e. The normalized spacial score (nSPS) is 30.1. The maximum absolute atomic E-state index is 10.4. The zero-order chi connectivity index (χ0) is 22.9. The molecule has 1 saturated heterocycles. The third-order valence-corrected chi connectivity index (χ3v) is 8.04. The number of alkyl halides is 1. The number of hydrogen-bond acceptors (Lipinski definition) is 8. The molecule has 176 valence electrons. The summed E-state index contributed by atoms with van der Waals surface area (Å²) >= 11 is 14.0. The summed E-state index contributed by atoms with van der Waals surface area (Å²) in [4.78, 5) is 14.4. The molecule has 0 radical (unpaired) electrons. The summed E-state index contributed by atoms with van der Waals surface area (Å²) in [7, 11) is 0. The van der Waals surface area contributed by atoms with E-state index >= 15 is 0 Å². The standard InChI is InChI=1S/C22H25Cl2N5O3S/c23-10-15-17(30)18(31)21(32-15)29-11-25-16-19(27-22(24)28-20(16)29)26-12-6-8-14(9-7-12)33-13-4-2-1-3-5-13/h1-5,11-12,14-15,17-18,21,30-31H,6-10H2,(H,26,27,28)/t12?,14?,15-,17-,18-,21-/m1/s1. The Hall–Kier alpha value is -1.62. The highest BCUT2D eigenvalue weighted by atomic mass is 35.5. The molecule has 0 bridgehead atoms. The predicted octanol–water partition coefficient (Wildman–Crippen LogP) is 3.85. The molecule has 1 aliphatic carbocycles. The lowest BCUT2D eigenvalue weighted by Crippen LogP contribution is -2.32. The van der Waals surface area contributed by atoms with Gasteiger partial charge in [0.15, 0.2) is 23.2 Å². The summed E-state index contributed by atoms with van der Waals surface area (Å²) in [5.41, 5.74) is 0.970. The van der Waals surface area contributed by atoms with Gasteiger partial charge in [-0.1, -0.05) is 18.2 Å². The lowest BCUT2D eigenvalue weighted by Gasteiger charge is -2.29. The molecule has 0 amide bonds. The van der Waals surface area contributed by atoms with Crippen LogP contribution in [0.3, 0.4) is 0 Å². The zero-order valence-corrected chi connectivity index (χ0v) is 20.0. The van der Waals surface area contributed by atoms with Crippen molar-refractivity contribution in [2.24, 2.45) is 0 Å². The second kappa shape index (κ2) is 9.93. The molecular weight excluding hydrogens is 485 g/mol. The molecule has 11 heteroatoms. The van der Waals surface area contributed by atoms with Gasteiger partial charge in [0.25, 0.3) is 0 Å². The minimum atomic E-state index is -1.16. The van der Waals surface area contributed by atoms with Crippen molar-refractivity contribution in [2.75, 3.05) is 11.2 Å². The zero-order valence-electron chi connectivity index (χ0n) is 17.7. The Kier molecular flexibility index (Phi) is 6.96. The molecular formula is C22H25Cl2N5O3S. The quantitative estimate of drug-likeness (QED) is 0.339. The van der Waals surface area contributed by atoms with E-state index in [1.54, 1.807) is 4.57 Å². The van der Waals surface area contributed by atoms with Crippen LogP contribution in [0, 0.1) is 0 Å². The van der Waals surface area contributed by atoms with Gasteiger partial charge in [-0.2, -0.15) is 9.97 Å². The van der Waals surface area contributed by atoms with E-state index in [-0.39, 0.29) is 17.2 Å². The van der Waals surface area contributed by atoms with Crippen LogP contribution in [0.1, 0.15) is 31.9 Å². The number of aromatic nitrogens is 4. The van der Waals surface area contributed by atoms with Crippen molar-refractivity contribution in [2.45, 2.75) is 66.4 Å². The molecule has 0 spiro atoms. The molecule has 4 atom stereocenters. The number of benzene rings is 1. The van der Waals surface area contributed by atoms with Crippen molar-refractivity contribution < 1.29 is 14.9 Å². The third kappa shape index (κ3) is 4.80. The number of aliphatic hydroxyl groups excluding tert-OH is 2. The van der Waals surface area contributed by atoms with E-state index in [9.17, 15) is 10.2 Å². The first kappa shape index (κ1) is 23.1. The average Bonchev–Trinajstić information content (AvgIpc) is 3.36. The molecule has 2 aromatic heterocycles. The van der Waals surface area contributed by atoms with E-state index in [1.165, 1.54) is 11.2 Å². The van der Waals surface area contributed by atoms with Crippen LogP contribution < -0.4 is 5.32 Å². The molecule has 33 heavy (non-hydrogen) atoms. The van der Waals surface area contributed by atoms with Crippen LogP contribution in [0.4, 0.5) is 5.82 Å². The van der Waals surface area contributed by atoms with Gasteiger partial charge < -0.3 is 20.3 Å². The molecule has 8 nitrogen and oxygen atoms in total. The van der Waals surface area contributed by atoms with E-state index in [1.807, 2.05) is 17.8 Å². The van der Waals surface area contributed by atoms with Gasteiger partial charge in [0.05, 0.1) is 12.2 Å². The average molecular weight is 510 g/mol. The Morgan fingerprint density at radius 2 is 1.85 bits per heavy atom. The number of imidazole rings is 1. The summed E-state index contributed by atoms with van der Waals surface area (Å²) in [6, 6.07) is 10.8. The summed E-state index contributed by atoms with van der Waals surface area (Å²) in [6.07, 6.45) is 1.97. The summed E-state index contributed by atoms with van der Waals surface area (Å²) in [5.74, 6) is 0.625. The first-order valence-corrected chi connectivity index (χ1v) is 12.8. The van der Waals surface area contributed by atoms with Crippen LogP contribution in [0.5, 0.6) is 0 Å². The molecule has 3 heterocycles. The van der Waals surface area contributed by atoms with E-state index < -0.39 is 24.5 Å². The van der Waals surface area contributed by atoms with E-state index in [0.717, 1.165) is 25.7 Å². The SMILES string of the molecule is O[C@@H]1[C@H](O)[C@@H](CCl)O[C@H]1n1cnc2c(NC3CCC(Sc4ccccc4)CC3)nc(Cl)nc21. The fourth-order valence-electron chi connectivity index (χ4n) is 4.47. The van der Waals surface area contributed by atoms with Crippen molar-refractivity contribution in [1.82, 2.24) is 19.5 Å². The van der Waals surface area contributed by atoms with Gasteiger partial charge in [0.1, 0.15) is 18.3 Å².